The Balaban J connectivity index is 1.64. The second-order valence-corrected chi connectivity index (χ2v) is 8.92. The lowest BCUT2D eigenvalue weighted by atomic mass is 10.0. The van der Waals surface area contributed by atoms with E-state index in [0.717, 1.165) is 37.4 Å². The Morgan fingerprint density at radius 3 is 2.21 bits per heavy atom. The van der Waals surface area contributed by atoms with Crippen LogP contribution in [-0.4, -0.2) is 48.6 Å². The van der Waals surface area contributed by atoms with Gasteiger partial charge in [0.25, 0.3) is 5.91 Å². The van der Waals surface area contributed by atoms with Crippen molar-refractivity contribution < 1.29 is 14.1 Å². The van der Waals surface area contributed by atoms with Crippen LogP contribution in [0, 0.1) is 5.82 Å². The molecule has 1 heterocycles. The Morgan fingerprint density at radius 1 is 1.07 bits per heavy atom. The molecule has 5 heteroatoms. The van der Waals surface area contributed by atoms with E-state index < -0.39 is 0 Å². The van der Waals surface area contributed by atoms with Crippen molar-refractivity contribution in [3.05, 3.63) is 66.0 Å². The molecule has 1 aliphatic heterocycles. The highest BCUT2D eigenvalue weighted by Crippen LogP contribution is 2.19. The van der Waals surface area contributed by atoms with Crippen molar-refractivity contribution in [3.8, 4) is 0 Å². The zero-order valence-electron chi connectivity index (χ0n) is 18.0. The van der Waals surface area contributed by atoms with E-state index in [4.69, 9.17) is 0 Å². The lowest BCUT2D eigenvalue weighted by Gasteiger charge is -2.41. The number of nitrogens with one attached hydrogen (secondary N) is 1. The molecule has 1 fully saturated rings. The molecule has 0 radical (unpaired) electrons. The third-order valence-electron chi connectivity index (χ3n) is 5.84. The molecule has 0 aromatic heterocycles. The van der Waals surface area contributed by atoms with Gasteiger partial charge < -0.3 is 14.7 Å². The molecule has 1 amide bonds. The SMILES string of the molecule is C[C@@H](C(=O)N(Cc1ccccc1)C(C)(C)C)[NH+]1CCN(c2ccc(F)cc2)CC1. The summed E-state index contributed by atoms with van der Waals surface area (Å²) < 4.78 is 13.2. The van der Waals surface area contributed by atoms with Crippen LogP contribution in [0.2, 0.25) is 0 Å². The molecule has 4 nitrogen and oxygen atoms in total. The van der Waals surface area contributed by atoms with Crippen molar-refractivity contribution in [1.29, 1.82) is 0 Å². The number of hydrogen-bond acceptors (Lipinski definition) is 2. The number of benzene rings is 2. The summed E-state index contributed by atoms with van der Waals surface area (Å²) in [5.41, 5.74) is 1.96. The smallest absolute Gasteiger partial charge is 0.281 e. The molecule has 2 aromatic rings. The standard InChI is InChI=1S/C24H32FN3O/c1-19(23(29)28(24(2,3)4)18-20-8-6-5-7-9-20)26-14-16-27(17-15-26)22-12-10-21(25)11-13-22/h5-13,19H,14-18H2,1-4H3/p+1/t19-/m0/s1. The first-order chi connectivity index (χ1) is 13.8. The molecule has 0 unspecified atom stereocenters. The molecule has 0 bridgehead atoms. The van der Waals surface area contributed by atoms with Gasteiger partial charge in [0.15, 0.2) is 6.04 Å². The number of hydrogen-bond donors (Lipinski definition) is 1. The normalized spacial score (nSPS) is 16.5. The first-order valence-corrected chi connectivity index (χ1v) is 10.5. The minimum absolute atomic E-state index is 0.0895. The van der Waals surface area contributed by atoms with E-state index in [2.05, 4.69) is 44.7 Å². The van der Waals surface area contributed by atoms with Gasteiger partial charge in [0.1, 0.15) is 5.82 Å². The van der Waals surface area contributed by atoms with Crippen LogP contribution in [-0.2, 0) is 11.3 Å². The number of carbonyl (C=O) groups is 1. The van der Waals surface area contributed by atoms with Gasteiger partial charge in [-0.2, -0.15) is 0 Å². The second kappa shape index (κ2) is 8.95. The maximum atomic E-state index is 13.4. The highest BCUT2D eigenvalue weighted by molar-refractivity contribution is 5.81. The molecule has 1 atom stereocenters. The van der Waals surface area contributed by atoms with E-state index in [1.54, 1.807) is 0 Å². The topological polar surface area (TPSA) is 28.0 Å². The van der Waals surface area contributed by atoms with Crippen LogP contribution < -0.4 is 9.80 Å². The summed E-state index contributed by atoms with van der Waals surface area (Å²) in [5.74, 6) is -0.00972. The maximum Gasteiger partial charge on any atom is 0.281 e. The van der Waals surface area contributed by atoms with Gasteiger partial charge in [-0.1, -0.05) is 30.3 Å². The molecule has 1 N–H and O–H groups in total. The number of amides is 1. The van der Waals surface area contributed by atoms with Gasteiger partial charge in [-0.3, -0.25) is 4.79 Å². The van der Waals surface area contributed by atoms with E-state index in [0.29, 0.717) is 6.54 Å². The Kier molecular flexibility index (Phi) is 6.58. The molecule has 29 heavy (non-hydrogen) atoms. The third-order valence-corrected chi connectivity index (χ3v) is 5.84. The molecule has 1 saturated heterocycles. The monoisotopic (exact) mass is 398 g/mol. The van der Waals surface area contributed by atoms with Crippen LogP contribution >= 0.6 is 0 Å². The van der Waals surface area contributed by atoms with Crippen molar-refractivity contribution in [2.45, 2.75) is 45.8 Å². The van der Waals surface area contributed by atoms with Crippen molar-refractivity contribution >= 4 is 11.6 Å². The lowest BCUT2D eigenvalue weighted by molar-refractivity contribution is -0.915. The molecular weight excluding hydrogens is 365 g/mol. The summed E-state index contributed by atoms with van der Waals surface area (Å²) in [6.07, 6.45) is 0. The van der Waals surface area contributed by atoms with Crippen LogP contribution in [0.3, 0.4) is 0 Å². The molecule has 2 aromatic carbocycles. The zero-order chi connectivity index (χ0) is 21.0. The van der Waals surface area contributed by atoms with Gasteiger partial charge in [-0.05, 0) is 57.5 Å². The number of carbonyl (C=O) groups excluding carboxylic acids is 1. The summed E-state index contributed by atoms with van der Waals surface area (Å²) >= 11 is 0. The third kappa shape index (κ3) is 5.36. The Labute approximate surface area is 173 Å². The quantitative estimate of drug-likeness (QED) is 0.839. The van der Waals surface area contributed by atoms with Crippen LogP contribution in [0.1, 0.15) is 33.3 Å². The fourth-order valence-corrected chi connectivity index (χ4v) is 3.96. The van der Waals surface area contributed by atoms with E-state index >= 15 is 0 Å². The Hall–Kier alpha value is -2.40. The summed E-state index contributed by atoms with van der Waals surface area (Å²) in [4.78, 5) is 19.0. The summed E-state index contributed by atoms with van der Waals surface area (Å²) in [6, 6.07) is 16.8. The van der Waals surface area contributed by atoms with Crippen molar-refractivity contribution in [2.24, 2.45) is 0 Å². The summed E-state index contributed by atoms with van der Waals surface area (Å²) in [7, 11) is 0. The molecule has 156 valence electrons. The average molecular weight is 399 g/mol. The van der Waals surface area contributed by atoms with Crippen molar-refractivity contribution in [3.63, 3.8) is 0 Å². The minimum atomic E-state index is -0.240. The first-order valence-electron chi connectivity index (χ1n) is 10.5. The maximum absolute atomic E-state index is 13.4. The highest BCUT2D eigenvalue weighted by Gasteiger charge is 2.36. The molecule has 0 spiro atoms. The Bertz CT molecular complexity index is 793. The molecule has 0 aliphatic carbocycles. The molecule has 0 saturated carbocycles. The van der Waals surface area contributed by atoms with E-state index in [1.807, 2.05) is 35.2 Å². The number of anilines is 1. The number of halogens is 1. The molecule has 1 aliphatic rings. The predicted octanol–water partition coefficient (Wildman–Crippen LogP) is 2.75. The first kappa shape index (κ1) is 21.3. The van der Waals surface area contributed by atoms with Crippen molar-refractivity contribution in [2.75, 3.05) is 31.1 Å². The summed E-state index contributed by atoms with van der Waals surface area (Å²) in [6.45, 7) is 12.5. The fourth-order valence-electron chi connectivity index (χ4n) is 3.96. The van der Waals surface area contributed by atoms with E-state index in [-0.39, 0.29) is 23.3 Å². The van der Waals surface area contributed by atoms with E-state index in [1.165, 1.54) is 17.0 Å². The number of rotatable bonds is 5. The number of piperazine rings is 1. The minimum Gasteiger partial charge on any atom is -0.360 e. The van der Waals surface area contributed by atoms with Gasteiger partial charge in [-0.25, -0.2) is 4.39 Å². The average Bonchev–Trinajstić information content (AvgIpc) is 2.72. The number of nitrogens with zero attached hydrogens (tertiary/aromatic N) is 2. The highest BCUT2D eigenvalue weighted by atomic mass is 19.1. The zero-order valence-corrected chi connectivity index (χ0v) is 18.0. The number of quaternary nitrogens is 1. The van der Waals surface area contributed by atoms with Crippen LogP contribution in [0.5, 0.6) is 0 Å². The van der Waals surface area contributed by atoms with Crippen molar-refractivity contribution in [1.82, 2.24) is 4.90 Å². The van der Waals surface area contributed by atoms with Crippen LogP contribution in [0.15, 0.2) is 54.6 Å². The van der Waals surface area contributed by atoms with Gasteiger partial charge in [0, 0.05) is 17.8 Å². The van der Waals surface area contributed by atoms with Gasteiger partial charge in [-0.15, -0.1) is 0 Å². The molecular formula is C24H33FN3O+. The predicted molar refractivity (Wildman–Crippen MR) is 116 cm³/mol. The molecule has 3 rings (SSSR count). The van der Waals surface area contributed by atoms with Gasteiger partial charge in [0.05, 0.1) is 26.2 Å². The largest absolute Gasteiger partial charge is 0.360 e. The fraction of sp³-hybridized carbons (Fsp3) is 0.458. The second-order valence-electron chi connectivity index (χ2n) is 8.92. The van der Waals surface area contributed by atoms with Crippen LogP contribution in [0.25, 0.3) is 0 Å². The lowest BCUT2D eigenvalue weighted by Crippen LogP contribution is -3.19. The van der Waals surface area contributed by atoms with Gasteiger partial charge in [0.2, 0.25) is 0 Å². The Morgan fingerprint density at radius 2 is 1.66 bits per heavy atom. The van der Waals surface area contributed by atoms with E-state index in [9.17, 15) is 9.18 Å². The van der Waals surface area contributed by atoms with Crippen LogP contribution in [0.4, 0.5) is 10.1 Å². The summed E-state index contributed by atoms with van der Waals surface area (Å²) in [5, 5.41) is 0. The van der Waals surface area contributed by atoms with Gasteiger partial charge >= 0.3 is 0 Å².